The fraction of sp³-hybridized carbons (Fsp3) is 0.833. The van der Waals surface area contributed by atoms with E-state index in [-0.39, 0.29) is 6.03 Å². The van der Waals surface area contributed by atoms with Gasteiger partial charge in [-0.15, -0.1) is 0 Å². The van der Waals surface area contributed by atoms with E-state index in [2.05, 4.69) is 15.3 Å². The van der Waals surface area contributed by atoms with E-state index in [0.29, 0.717) is 12.8 Å². The van der Waals surface area contributed by atoms with Gasteiger partial charge in [-0.2, -0.15) is 9.98 Å². The monoisotopic (exact) mass is 352 g/mol. The zero-order valence-electron chi connectivity index (χ0n) is 17.0. The van der Waals surface area contributed by atoms with Gasteiger partial charge in [0.2, 0.25) is 12.2 Å². The number of carbonyl (C=O) groups excluding carboxylic acids is 3. The van der Waals surface area contributed by atoms with Crippen LogP contribution in [0.4, 0.5) is 4.79 Å². The summed E-state index contributed by atoms with van der Waals surface area (Å²) in [5.74, 6) is 0. The molecule has 0 saturated carbocycles. The zero-order valence-corrected chi connectivity index (χ0v) is 17.0. The number of amides is 2. The minimum Gasteiger partial charge on any atom is -0.333 e. The van der Waals surface area contributed by atoms with Gasteiger partial charge in [0, 0.05) is 18.1 Å². The van der Waals surface area contributed by atoms with Gasteiger partial charge in [0.05, 0.1) is 11.1 Å². The summed E-state index contributed by atoms with van der Waals surface area (Å²) in [7, 11) is 1.71. The largest absolute Gasteiger partial charge is 0.333 e. The smallest absolute Gasteiger partial charge is 0.317 e. The summed E-state index contributed by atoms with van der Waals surface area (Å²) in [6.07, 6.45) is 4.15. The second kappa shape index (κ2) is 7.94. The van der Waals surface area contributed by atoms with E-state index >= 15 is 0 Å². The third kappa shape index (κ3) is 8.10. The average molecular weight is 352 g/mol. The van der Waals surface area contributed by atoms with Crippen molar-refractivity contribution >= 4 is 18.2 Å². The van der Waals surface area contributed by atoms with E-state index < -0.39 is 22.2 Å². The van der Waals surface area contributed by atoms with Gasteiger partial charge in [0.15, 0.2) is 0 Å². The lowest BCUT2D eigenvalue weighted by Gasteiger charge is -2.41. The number of hydrogen-bond acceptors (Lipinski definition) is 5. The molecule has 0 atom stereocenters. The van der Waals surface area contributed by atoms with Crippen LogP contribution in [-0.4, -0.2) is 52.3 Å². The second-order valence-corrected chi connectivity index (χ2v) is 9.07. The van der Waals surface area contributed by atoms with Crippen LogP contribution in [0.5, 0.6) is 0 Å². The van der Waals surface area contributed by atoms with Crippen molar-refractivity contribution in [1.82, 2.24) is 10.2 Å². The molecule has 142 valence electrons. The molecule has 0 aliphatic carbocycles. The fourth-order valence-electron chi connectivity index (χ4n) is 3.28. The number of urea groups is 1. The zero-order chi connectivity index (χ0) is 20.1. The number of isocyanates is 2. The summed E-state index contributed by atoms with van der Waals surface area (Å²) in [6, 6.07) is -0.244. The second-order valence-electron chi connectivity index (χ2n) is 9.07. The van der Waals surface area contributed by atoms with E-state index in [1.54, 1.807) is 24.1 Å². The first kappa shape index (κ1) is 23.0. The quantitative estimate of drug-likeness (QED) is 0.537. The van der Waals surface area contributed by atoms with Gasteiger partial charge in [0.1, 0.15) is 0 Å². The van der Waals surface area contributed by atoms with Gasteiger partial charge in [-0.3, -0.25) is 0 Å². The summed E-state index contributed by atoms with van der Waals surface area (Å²) >= 11 is 0. The van der Waals surface area contributed by atoms with Crippen molar-refractivity contribution in [3.63, 3.8) is 0 Å². The highest BCUT2D eigenvalue weighted by Crippen LogP contribution is 2.28. The lowest BCUT2D eigenvalue weighted by Crippen LogP contribution is -2.57. The SMILES string of the molecule is CN(C(=O)NC(C)(C)CC(C)(C)N=C=O)C(C)(C)CC(C)(C)N=C=O. The van der Waals surface area contributed by atoms with Gasteiger partial charge in [-0.05, 0) is 68.2 Å². The molecule has 0 fully saturated rings. The van der Waals surface area contributed by atoms with Crippen molar-refractivity contribution in [3.8, 4) is 0 Å². The minimum absolute atomic E-state index is 0.244. The van der Waals surface area contributed by atoms with E-state index in [4.69, 9.17) is 0 Å². The van der Waals surface area contributed by atoms with Gasteiger partial charge >= 0.3 is 6.03 Å². The third-order valence-electron chi connectivity index (χ3n) is 4.09. The first-order valence-electron chi connectivity index (χ1n) is 8.32. The van der Waals surface area contributed by atoms with Gasteiger partial charge < -0.3 is 10.2 Å². The summed E-state index contributed by atoms with van der Waals surface area (Å²) in [4.78, 5) is 43.0. The van der Waals surface area contributed by atoms with Crippen LogP contribution in [0.1, 0.15) is 68.2 Å². The minimum atomic E-state index is -0.618. The Balaban J connectivity index is 5.15. The van der Waals surface area contributed by atoms with Crippen LogP contribution >= 0.6 is 0 Å². The van der Waals surface area contributed by atoms with Gasteiger partial charge in [-0.1, -0.05) is 0 Å². The molecule has 0 spiro atoms. The number of nitrogens with zero attached hydrogens (tertiary/aromatic N) is 3. The predicted molar refractivity (Wildman–Crippen MR) is 98.1 cm³/mol. The molecule has 0 bridgehead atoms. The number of aliphatic imine (C=N–C) groups is 2. The maximum absolute atomic E-state index is 12.7. The lowest BCUT2D eigenvalue weighted by atomic mass is 9.86. The van der Waals surface area contributed by atoms with Crippen LogP contribution in [0.15, 0.2) is 9.98 Å². The summed E-state index contributed by atoms with van der Waals surface area (Å²) < 4.78 is 0. The van der Waals surface area contributed by atoms with Gasteiger partial charge in [-0.25, -0.2) is 14.4 Å². The molecule has 25 heavy (non-hydrogen) atoms. The standard InChI is InChI=1S/C18H32N4O3/c1-15(2,19-12-23)10-17(5,6)21-14(25)22(9)18(7,8)11-16(3,4)20-13-24/h10-11H2,1-9H3,(H,21,25). The normalized spacial score (nSPS) is 12.7. The van der Waals surface area contributed by atoms with Gasteiger partial charge in [0.25, 0.3) is 0 Å². The molecule has 0 heterocycles. The molecule has 1 N–H and O–H groups in total. The summed E-state index contributed by atoms with van der Waals surface area (Å²) in [5, 5.41) is 2.98. The Morgan fingerprint density at radius 3 is 1.68 bits per heavy atom. The average Bonchev–Trinajstić information content (AvgIpc) is 2.33. The Kier molecular flexibility index (Phi) is 7.31. The molecular weight excluding hydrogens is 320 g/mol. The topological polar surface area (TPSA) is 91.2 Å². The summed E-state index contributed by atoms with van der Waals surface area (Å²) in [5.41, 5.74) is -2.33. The third-order valence-corrected chi connectivity index (χ3v) is 4.09. The van der Waals surface area contributed by atoms with Crippen LogP contribution in [0.3, 0.4) is 0 Å². The first-order chi connectivity index (χ1) is 11.1. The van der Waals surface area contributed by atoms with Crippen LogP contribution in [0.25, 0.3) is 0 Å². The van der Waals surface area contributed by atoms with Crippen molar-refractivity contribution < 1.29 is 14.4 Å². The molecule has 0 aromatic carbocycles. The molecule has 0 aromatic heterocycles. The highest BCUT2D eigenvalue weighted by molar-refractivity contribution is 5.75. The molecule has 7 heteroatoms. The molecule has 0 radical (unpaired) electrons. The van der Waals surface area contributed by atoms with Crippen molar-refractivity contribution in [3.05, 3.63) is 0 Å². The Hall–Kier alpha value is -1.97. The van der Waals surface area contributed by atoms with Crippen LogP contribution in [0, 0.1) is 0 Å². The maximum Gasteiger partial charge on any atom is 0.317 e. The Morgan fingerprint density at radius 1 is 0.880 bits per heavy atom. The number of nitrogens with one attached hydrogen (secondary N) is 1. The molecule has 0 aliphatic rings. The van der Waals surface area contributed by atoms with Crippen LogP contribution in [0.2, 0.25) is 0 Å². The van der Waals surface area contributed by atoms with E-state index in [0.717, 1.165) is 0 Å². The first-order valence-corrected chi connectivity index (χ1v) is 8.32. The molecule has 2 amide bonds. The van der Waals surface area contributed by atoms with Crippen molar-refractivity contribution in [2.45, 2.75) is 90.4 Å². The Bertz CT molecular complexity index is 581. The van der Waals surface area contributed by atoms with E-state index in [1.807, 2.05) is 55.4 Å². The lowest BCUT2D eigenvalue weighted by molar-refractivity contribution is 0.125. The van der Waals surface area contributed by atoms with Crippen molar-refractivity contribution in [2.24, 2.45) is 9.98 Å². The fourth-order valence-corrected chi connectivity index (χ4v) is 3.28. The molecule has 0 rings (SSSR count). The summed E-state index contributed by atoms with van der Waals surface area (Å²) in [6.45, 7) is 14.9. The predicted octanol–water partition coefficient (Wildman–Crippen LogP) is 3.19. The molecule has 0 unspecified atom stereocenters. The van der Waals surface area contributed by atoms with Crippen molar-refractivity contribution in [2.75, 3.05) is 7.05 Å². The Morgan fingerprint density at radius 2 is 1.28 bits per heavy atom. The van der Waals surface area contributed by atoms with Crippen molar-refractivity contribution in [1.29, 1.82) is 0 Å². The molecule has 7 nitrogen and oxygen atoms in total. The number of carbonyl (C=O) groups is 1. The molecule has 0 saturated heterocycles. The highest BCUT2D eigenvalue weighted by Gasteiger charge is 2.37. The number of rotatable bonds is 8. The van der Waals surface area contributed by atoms with Crippen LogP contribution in [-0.2, 0) is 9.59 Å². The molecular formula is C18H32N4O3. The Labute approximate surface area is 151 Å². The van der Waals surface area contributed by atoms with E-state index in [9.17, 15) is 14.4 Å². The maximum atomic E-state index is 12.7. The number of hydrogen-bond donors (Lipinski definition) is 1. The highest BCUT2D eigenvalue weighted by atomic mass is 16.2. The van der Waals surface area contributed by atoms with E-state index in [1.165, 1.54) is 0 Å². The molecule has 0 aliphatic heterocycles. The molecule has 0 aromatic rings. The van der Waals surface area contributed by atoms with Crippen LogP contribution < -0.4 is 5.32 Å².